The topological polar surface area (TPSA) is 95.9 Å². The van der Waals surface area contributed by atoms with E-state index in [1.54, 1.807) is 20.8 Å². The minimum absolute atomic E-state index is 0.0286. The number of carboxylic acid groups (broad SMARTS) is 1. The highest BCUT2D eigenvalue weighted by Gasteiger charge is 2.39. The first-order valence-electron chi connectivity index (χ1n) is 7.83. The van der Waals surface area contributed by atoms with Crippen LogP contribution in [0.25, 0.3) is 0 Å². The van der Waals surface area contributed by atoms with Crippen LogP contribution in [0.3, 0.4) is 0 Å². The van der Waals surface area contributed by atoms with E-state index in [9.17, 15) is 14.7 Å². The number of rotatable bonds is 9. The quantitative estimate of drug-likeness (QED) is 0.568. The molecule has 0 spiro atoms. The summed E-state index contributed by atoms with van der Waals surface area (Å²) < 4.78 is 5.16. The molecule has 0 saturated carbocycles. The number of aliphatic hydroxyl groups excluding tert-OH is 1. The molecule has 0 heterocycles. The van der Waals surface area contributed by atoms with Gasteiger partial charge in [-0.2, -0.15) is 0 Å². The molecule has 0 aromatic heterocycles. The summed E-state index contributed by atoms with van der Waals surface area (Å²) in [6.45, 7) is 9.25. The van der Waals surface area contributed by atoms with Crippen LogP contribution in [-0.2, 0) is 9.53 Å². The maximum atomic E-state index is 11.8. The van der Waals surface area contributed by atoms with Gasteiger partial charge >= 0.3 is 12.1 Å². The Kier molecular flexibility index (Phi) is 8.45. The van der Waals surface area contributed by atoms with E-state index in [1.165, 1.54) is 0 Å². The van der Waals surface area contributed by atoms with Crippen LogP contribution in [0, 0.1) is 11.3 Å². The molecule has 0 aliphatic rings. The molecule has 3 N–H and O–H groups in total. The molecule has 0 saturated heterocycles. The first kappa shape index (κ1) is 20.7. The standard InChI is InChI=1S/C16H31NO5/c1-12(2)10-16(13(19)20,8-6-7-9-18)11-17-14(21)22-15(3,4)5/h12,18H,6-11H2,1-5H3,(H,17,21)(H,19,20). The Hall–Kier alpha value is -1.30. The summed E-state index contributed by atoms with van der Waals surface area (Å²) in [5.74, 6) is -0.735. The van der Waals surface area contributed by atoms with Gasteiger partial charge in [0, 0.05) is 13.2 Å². The molecule has 0 radical (unpaired) electrons. The summed E-state index contributed by atoms with van der Waals surface area (Å²) in [4.78, 5) is 23.6. The maximum absolute atomic E-state index is 11.8. The van der Waals surface area contributed by atoms with Crippen molar-refractivity contribution in [1.82, 2.24) is 5.32 Å². The average molecular weight is 317 g/mol. The number of carbonyl (C=O) groups is 2. The Morgan fingerprint density at radius 3 is 2.18 bits per heavy atom. The number of ether oxygens (including phenoxy) is 1. The van der Waals surface area contributed by atoms with Crippen molar-refractivity contribution in [3.63, 3.8) is 0 Å². The third-order valence-electron chi connectivity index (χ3n) is 3.29. The lowest BCUT2D eigenvalue weighted by Gasteiger charge is -2.32. The van der Waals surface area contributed by atoms with Gasteiger partial charge in [0.1, 0.15) is 5.60 Å². The zero-order chi connectivity index (χ0) is 17.4. The Morgan fingerprint density at radius 2 is 1.77 bits per heavy atom. The summed E-state index contributed by atoms with van der Waals surface area (Å²) >= 11 is 0. The number of amides is 1. The van der Waals surface area contributed by atoms with Crippen LogP contribution >= 0.6 is 0 Å². The zero-order valence-corrected chi connectivity index (χ0v) is 14.4. The Balaban J connectivity index is 4.89. The van der Waals surface area contributed by atoms with Crippen molar-refractivity contribution in [3.8, 4) is 0 Å². The molecule has 22 heavy (non-hydrogen) atoms. The van der Waals surface area contributed by atoms with E-state index in [4.69, 9.17) is 9.84 Å². The molecule has 0 fully saturated rings. The molecule has 1 unspecified atom stereocenters. The van der Waals surface area contributed by atoms with Crippen LogP contribution < -0.4 is 5.32 Å². The molecule has 0 rings (SSSR count). The third-order valence-corrected chi connectivity index (χ3v) is 3.29. The summed E-state index contributed by atoms with van der Waals surface area (Å²) in [5, 5.41) is 21.1. The second kappa shape index (κ2) is 8.98. The van der Waals surface area contributed by atoms with E-state index in [1.807, 2.05) is 13.8 Å². The fourth-order valence-corrected chi connectivity index (χ4v) is 2.44. The van der Waals surface area contributed by atoms with Gasteiger partial charge in [-0.05, 0) is 52.4 Å². The van der Waals surface area contributed by atoms with E-state index in [0.29, 0.717) is 25.7 Å². The lowest BCUT2D eigenvalue weighted by molar-refractivity contribution is -0.150. The molecule has 6 heteroatoms. The Labute approximate surface area is 133 Å². The average Bonchev–Trinajstić information content (AvgIpc) is 2.33. The predicted molar refractivity (Wildman–Crippen MR) is 84.7 cm³/mol. The highest BCUT2D eigenvalue weighted by atomic mass is 16.6. The van der Waals surface area contributed by atoms with Gasteiger partial charge in [0.25, 0.3) is 0 Å². The fourth-order valence-electron chi connectivity index (χ4n) is 2.44. The highest BCUT2D eigenvalue weighted by Crippen LogP contribution is 2.32. The summed E-state index contributed by atoms with van der Waals surface area (Å²) in [6.07, 6.45) is 1.43. The molecule has 0 bridgehead atoms. The number of carbonyl (C=O) groups excluding carboxylic acids is 1. The number of nitrogens with one attached hydrogen (secondary N) is 1. The second-order valence-corrected chi connectivity index (χ2v) is 7.22. The van der Waals surface area contributed by atoms with E-state index in [2.05, 4.69) is 5.32 Å². The van der Waals surface area contributed by atoms with Gasteiger partial charge in [-0.25, -0.2) is 4.79 Å². The molecule has 1 atom stereocenters. The van der Waals surface area contributed by atoms with Gasteiger partial charge < -0.3 is 20.3 Å². The van der Waals surface area contributed by atoms with E-state index in [0.717, 1.165) is 0 Å². The Morgan fingerprint density at radius 1 is 1.18 bits per heavy atom. The molecule has 0 aliphatic carbocycles. The van der Waals surface area contributed by atoms with Crippen molar-refractivity contribution in [2.75, 3.05) is 13.2 Å². The maximum Gasteiger partial charge on any atom is 0.407 e. The van der Waals surface area contributed by atoms with Crippen molar-refractivity contribution in [3.05, 3.63) is 0 Å². The van der Waals surface area contributed by atoms with Gasteiger partial charge in [0.05, 0.1) is 5.41 Å². The van der Waals surface area contributed by atoms with Crippen LogP contribution in [0.2, 0.25) is 0 Å². The summed E-state index contributed by atoms with van der Waals surface area (Å²) in [5.41, 5.74) is -1.65. The lowest BCUT2D eigenvalue weighted by atomic mass is 9.76. The van der Waals surface area contributed by atoms with Gasteiger partial charge in [0.15, 0.2) is 0 Å². The minimum Gasteiger partial charge on any atom is -0.481 e. The molecule has 1 amide bonds. The van der Waals surface area contributed by atoms with Crippen molar-refractivity contribution < 1.29 is 24.5 Å². The largest absolute Gasteiger partial charge is 0.481 e. The van der Waals surface area contributed by atoms with E-state index < -0.39 is 23.1 Å². The molecule has 130 valence electrons. The number of unbranched alkanes of at least 4 members (excludes halogenated alkanes) is 1. The molecule has 0 aromatic rings. The van der Waals surface area contributed by atoms with Crippen LogP contribution in [0.15, 0.2) is 0 Å². The smallest absolute Gasteiger partial charge is 0.407 e. The second-order valence-electron chi connectivity index (χ2n) is 7.22. The Bertz CT molecular complexity index is 362. The molecular weight excluding hydrogens is 286 g/mol. The summed E-state index contributed by atoms with van der Waals surface area (Å²) in [7, 11) is 0. The number of carboxylic acids is 1. The fraction of sp³-hybridized carbons (Fsp3) is 0.875. The van der Waals surface area contributed by atoms with Gasteiger partial charge in [-0.1, -0.05) is 13.8 Å². The van der Waals surface area contributed by atoms with Crippen molar-refractivity contribution in [2.45, 2.75) is 65.9 Å². The van der Waals surface area contributed by atoms with E-state index in [-0.39, 0.29) is 19.1 Å². The molecule has 0 aliphatic heterocycles. The highest BCUT2D eigenvalue weighted by molar-refractivity contribution is 5.76. The zero-order valence-electron chi connectivity index (χ0n) is 14.4. The van der Waals surface area contributed by atoms with Gasteiger partial charge in [-0.3, -0.25) is 4.79 Å². The monoisotopic (exact) mass is 317 g/mol. The number of aliphatic carboxylic acids is 1. The van der Waals surface area contributed by atoms with Gasteiger partial charge in [-0.15, -0.1) is 0 Å². The predicted octanol–water partition coefficient (Wildman–Crippen LogP) is 2.79. The molecular formula is C16H31NO5. The first-order valence-corrected chi connectivity index (χ1v) is 7.83. The summed E-state index contributed by atoms with van der Waals surface area (Å²) in [6, 6.07) is 0. The van der Waals surface area contributed by atoms with Crippen molar-refractivity contribution in [1.29, 1.82) is 0 Å². The van der Waals surface area contributed by atoms with Gasteiger partial charge in [0.2, 0.25) is 0 Å². The van der Waals surface area contributed by atoms with Crippen molar-refractivity contribution in [2.24, 2.45) is 11.3 Å². The van der Waals surface area contributed by atoms with Crippen molar-refractivity contribution >= 4 is 12.1 Å². The lowest BCUT2D eigenvalue weighted by Crippen LogP contribution is -2.45. The van der Waals surface area contributed by atoms with Crippen LogP contribution in [0.5, 0.6) is 0 Å². The van der Waals surface area contributed by atoms with Crippen LogP contribution in [0.4, 0.5) is 4.79 Å². The normalized spacial score (nSPS) is 14.5. The molecule has 0 aromatic carbocycles. The molecule has 6 nitrogen and oxygen atoms in total. The third kappa shape index (κ3) is 8.22. The number of hydrogen-bond acceptors (Lipinski definition) is 4. The minimum atomic E-state index is -1.03. The number of alkyl carbamates (subject to hydrolysis) is 1. The SMILES string of the molecule is CC(C)CC(CCCCO)(CNC(=O)OC(C)(C)C)C(=O)O. The number of hydrogen-bond donors (Lipinski definition) is 3. The van der Waals surface area contributed by atoms with Crippen LogP contribution in [0.1, 0.15) is 60.3 Å². The first-order chi connectivity index (χ1) is 10.0. The number of aliphatic hydroxyl groups is 1. The van der Waals surface area contributed by atoms with E-state index >= 15 is 0 Å². The van der Waals surface area contributed by atoms with Crippen LogP contribution in [-0.4, -0.2) is 41.0 Å².